The Morgan fingerprint density at radius 3 is 2.52 bits per heavy atom. The monoisotopic (exact) mass is 309 g/mol. The third-order valence-electron chi connectivity index (χ3n) is 4.50. The first-order valence-corrected chi connectivity index (χ1v) is 8.12. The summed E-state index contributed by atoms with van der Waals surface area (Å²) in [5.74, 6) is 0. The highest BCUT2D eigenvalue weighted by Crippen LogP contribution is 2.32. The van der Waals surface area contributed by atoms with Gasteiger partial charge < -0.3 is 15.0 Å². The molecule has 2 aliphatic heterocycles. The fourth-order valence-corrected chi connectivity index (χ4v) is 3.06. The van der Waals surface area contributed by atoms with Crippen molar-refractivity contribution in [1.29, 1.82) is 5.26 Å². The molecule has 120 valence electrons. The van der Waals surface area contributed by atoms with Gasteiger partial charge in [0.25, 0.3) is 0 Å². The van der Waals surface area contributed by atoms with Crippen LogP contribution in [0.5, 0.6) is 0 Å². The topological polar surface area (TPSA) is 48.3 Å². The average Bonchev–Trinajstić information content (AvgIpc) is 2.88. The van der Waals surface area contributed by atoms with Gasteiger partial charge in [-0.05, 0) is 37.1 Å². The molecule has 4 nitrogen and oxygen atoms in total. The van der Waals surface area contributed by atoms with E-state index in [1.54, 1.807) is 0 Å². The Morgan fingerprint density at radius 1 is 1.17 bits per heavy atom. The van der Waals surface area contributed by atoms with Gasteiger partial charge >= 0.3 is 0 Å². The third kappa shape index (κ3) is 3.47. The van der Waals surface area contributed by atoms with E-state index in [4.69, 9.17) is 4.74 Å². The maximum absolute atomic E-state index is 9.21. The minimum atomic E-state index is -0.387. The molecule has 1 saturated heterocycles. The lowest BCUT2D eigenvalue weighted by Crippen LogP contribution is -2.43. The maximum atomic E-state index is 9.21. The van der Waals surface area contributed by atoms with Gasteiger partial charge in [-0.3, -0.25) is 0 Å². The van der Waals surface area contributed by atoms with E-state index in [-0.39, 0.29) is 5.60 Å². The summed E-state index contributed by atoms with van der Waals surface area (Å²) in [6.45, 7) is 8.61. The summed E-state index contributed by atoms with van der Waals surface area (Å²) in [6, 6.07) is 10.8. The van der Waals surface area contributed by atoms with E-state index in [1.165, 1.54) is 5.69 Å². The van der Waals surface area contributed by atoms with Crippen LogP contribution in [0.2, 0.25) is 0 Å². The van der Waals surface area contributed by atoms with Crippen molar-refractivity contribution in [3.8, 4) is 6.07 Å². The number of ether oxygens (including phenoxy) is 1. The molecule has 23 heavy (non-hydrogen) atoms. The zero-order valence-electron chi connectivity index (χ0n) is 13.8. The molecule has 0 bridgehead atoms. The molecule has 0 aromatic heterocycles. The second-order valence-corrected chi connectivity index (χ2v) is 6.46. The predicted octanol–water partition coefficient (Wildman–Crippen LogP) is 2.74. The van der Waals surface area contributed by atoms with E-state index in [1.807, 2.05) is 19.9 Å². The molecule has 0 amide bonds. The van der Waals surface area contributed by atoms with E-state index < -0.39 is 0 Å². The van der Waals surface area contributed by atoms with Crippen molar-refractivity contribution in [3.05, 3.63) is 47.1 Å². The average molecular weight is 309 g/mol. The molecule has 1 aromatic carbocycles. The lowest BCUT2D eigenvalue weighted by Gasteiger charge is -2.29. The number of benzene rings is 1. The largest absolute Gasteiger partial charge is 0.369 e. The first-order valence-electron chi connectivity index (χ1n) is 8.12. The zero-order chi connectivity index (χ0) is 16.3. The second kappa shape index (κ2) is 6.57. The first-order chi connectivity index (χ1) is 11.1. The molecule has 2 aliphatic rings. The summed E-state index contributed by atoms with van der Waals surface area (Å²) >= 11 is 0. The van der Waals surface area contributed by atoms with Gasteiger partial charge in [-0.2, -0.15) is 5.26 Å². The van der Waals surface area contributed by atoms with E-state index in [2.05, 4.69) is 46.6 Å². The Hall–Kier alpha value is -2.09. The van der Waals surface area contributed by atoms with Crippen LogP contribution >= 0.6 is 0 Å². The van der Waals surface area contributed by atoms with Gasteiger partial charge in [-0.15, -0.1) is 0 Å². The van der Waals surface area contributed by atoms with Gasteiger partial charge in [0.05, 0.1) is 23.9 Å². The SMILES string of the molecule is CC1(C)OCC(C#N)=C1C=Cc1ccc(N2CCNCC2)cc1. The van der Waals surface area contributed by atoms with Crippen LogP contribution in [0, 0.1) is 11.3 Å². The molecular weight excluding hydrogens is 286 g/mol. The molecule has 0 radical (unpaired) electrons. The van der Waals surface area contributed by atoms with Crippen LogP contribution in [0.25, 0.3) is 6.08 Å². The summed E-state index contributed by atoms with van der Waals surface area (Å²) in [4.78, 5) is 2.40. The number of nitrogens with one attached hydrogen (secondary N) is 1. The molecule has 0 spiro atoms. The number of piperazine rings is 1. The van der Waals surface area contributed by atoms with E-state index in [9.17, 15) is 5.26 Å². The van der Waals surface area contributed by atoms with Crippen LogP contribution < -0.4 is 10.2 Å². The number of hydrogen-bond donors (Lipinski definition) is 1. The quantitative estimate of drug-likeness (QED) is 0.932. The fourth-order valence-electron chi connectivity index (χ4n) is 3.06. The van der Waals surface area contributed by atoms with Crippen molar-refractivity contribution in [1.82, 2.24) is 5.32 Å². The Bertz CT molecular complexity index is 659. The molecule has 1 fully saturated rings. The summed E-state index contributed by atoms with van der Waals surface area (Å²) in [6.07, 6.45) is 4.08. The molecule has 0 aliphatic carbocycles. The second-order valence-electron chi connectivity index (χ2n) is 6.46. The van der Waals surface area contributed by atoms with Gasteiger partial charge in [0, 0.05) is 31.9 Å². The van der Waals surface area contributed by atoms with E-state index >= 15 is 0 Å². The highest BCUT2D eigenvalue weighted by molar-refractivity contribution is 5.60. The van der Waals surface area contributed by atoms with E-state index in [0.29, 0.717) is 6.61 Å². The Kier molecular flexibility index (Phi) is 4.51. The smallest absolute Gasteiger partial charge is 0.0975 e. The summed E-state index contributed by atoms with van der Waals surface area (Å²) in [7, 11) is 0. The molecule has 1 aromatic rings. The van der Waals surface area contributed by atoms with Gasteiger partial charge in [-0.1, -0.05) is 24.3 Å². The number of hydrogen-bond acceptors (Lipinski definition) is 4. The normalized spacial score (nSPS) is 21.0. The highest BCUT2D eigenvalue weighted by Gasteiger charge is 2.31. The maximum Gasteiger partial charge on any atom is 0.0975 e. The van der Waals surface area contributed by atoms with Gasteiger partial charge in [0.2, 0.25) is 0 Å². The van der Waals surface area contributed by atoms with Crippen molar-refractivity contribution in [3.63, 3.8) is 0 Å². The van der Waals surface area contributed by atoms with Crippen molar-refractivity contribution in [2.24, 2.45) is 0 Å². The van der Waals surface area contributed by atoms with Crippen LogP contribution in [0.15, 0.2) is 41.5 Å². The Labute approximate surface area is 138 Å². The van der Waals surface area contributed by atoms with Crippen molar-refractivity contribution < 1.29 is 4.74 Å². The molecule has 3 rings (SSSR count). The van der Waals surface area contributed by atoms with Crippen molar-refractivity contribution >= 4 is 11.8 Å². The minimum Gasteiger partial charge on any atom is -0.369 e. The zero-order valence-corrected chi connectivity index (χ0v) is 13.8. The molecule has 2 heterocycles. The molecule has 0 unspecified atom stereocenters. The summed E-state index contributed by atoms with van der Waals surface area (Å²) in [5.41, 5.74) is 3.72. The fraction of sp³-hybridized carbons (Fsp3) is 0.421. The molecule has 0 atom stereocenters. The predicted molar refractivity (Wildman–Crippen MR) is 93.2 cm³/mol. The first kappa shape index (κ1) is 15.8. The van der Waals surface area contributed by atoms with Crippen LogP contribution in [-0.2, 0) is 4.74 Å². The van der Waals surface area contributed by atoms with Crippen LogP contribution in [0.4, 0.5) is 5.69 Å². The van der Waals surface area contributed by atoms with Gasteiger partial charge in [-0.25, -0.2) is 0 Å². The standard InChI is InChI=1S/C19H23N3O/c1-19(2)18(16(13-20)14-23-19)8-5-15-3-6-17(7-4-15)22-11-9-21-10-12-22/h3-8,21H,9-12,14H2,1-2H3. The third-order valence-corrected chi connectivity index (χ3v) is 4.50. The number of rotatable bonds is 3. The molecule has 1 N–H and O–H groups in total. The minimum absolute atomic E-state index is 0.387. The van der Waals surface area contributed by atoms with E-state index in [0.717, 1.165) is 42.9 Å². The lowest BCUT2D eigenvalue weighted by molar-refractivity contribution is 0.0512. The number of anilines is 1. The van der Waals surface area contributed by atoms with Gasteiger partial charge in [0.15, 0.2) is 0 Å². The number of nitriles is 1. The van der Waals surface area contributed by atoms with Crippen molar-refractivity contribution in [2.45, 2.75) is 19.4 Å². The molecule has 0 saturated carbocycles. The van der Waals surface area contributed by atoms with Gasteiger partial charge in [0.1, 0.15) is 0 Å². The highest BCUT2D eigenvalue weighted by atomic mass is 16.5. The molecular formula is C19H23N3O. The lowest BCUT2D eigenvalue weighted by atomic mass is 9.95. The van der Waals surface area contributed by atoms with Crippen LogP contribution in [0.1, 0.15) is 19.4 Å². The van der Waals surface area contributed by atoms with Crippen molar-refractivity contribution in [2.75, 3.05) is 37.7 Å². The number of nitrogens with zero attached hydrogens (tertiary/aromatic N) is 2. The summed E-state index contributed by atoms with van der Waals surface area (Å²) in [5, 5.41) is 12.6. The van der Waals surface area contributed by atoms with Crippen LogP contribution in [0.3, 0.4) is 0 Å². The van der Waals surface area contributed by atoms with Crippen LogP contribution in [-0.4, -0.2) is 38.4 Å². The molecule has 4 heteroatoms. The summed E-state index contributed by atoms with van der Waals surface area (Å²) < 4.78 is 5.68. The Balaban J connectivity index is 1.74. The Morgan fingerprint density at radius 2 is 1.87 bits per heavy atom.